The van der Waals surface area contributed by atoms with E-state index in [-0.39, 0.29) is 11.1 Å². The summed E-state index contributed by atoms with van der Waals surface area (Å²) in [4.78, 5) is 14.4. The summed E-state index contributed by atoms with van der Waals surface area (Å²) < 4.78 is 0. The molecule has 2 saturated heterocycles. The lowest BCUT2D eigenvalue weighted by molar-refractivity contribution is -0.131. The van der Waals surface area contributed by atoms with Crippen LogP contribution in [0.1, 0.15) is 47.0 Å². The molecule has 1 amide bonds. The zero-order chi connectivity index (χ0) is 12.8. The first-order valence-corrected chi connectivity index (χ1v) is 7.33. The molecule has 98 valence electrons. The van der Waals surface area contributed by atoms with Crippen LogP contribution in [0.15, 0.2) is 0 Å². The van der Waals surface area contributed by atoms with Crippen LogP contribution in [-0.4, -0.2) is 39.3 Å². The number of halogens is 1. The fraction of sp³-hybridized carbons (Fsp3) is 0.923. The maximum atomic E-state index is 12.0. The molecule has 0 bridgehead atoms. The van der Waals surface area contributed by atoms with Crippen molar-refractivity contribution >= 4 is 21.8 Å². The molecule has 2 heterocycles. The maximum absolute atomic E-state index is 12.0. The lowest BCUT2D eigenvalue weighted by atomic mass is 9.79. The van der Waals surface area contributed by atoms with Gasteiger partial charge in [-0.3, -0.25) is 4.79 Å². The van der Waals surface area contributed by atoms with Crippen molar-refractivity contribution in [2.75, 3.05) is 6.54 Å². The van der Waals surface area contributed by atoms with E-state index in [2.05, 4.69) is 53.8 Å². The Morgan fingerprint density at radius 3 is 2.18 bits per heavy atom. The number of likely N-dealkylation sites (tertiary alicyclic amines) is 1. The molecule has 0 saturated carbocycles. The molecule has 1 atom stereocenters. The van der Waals surface area contributed by atoms with Crippen molar-refractivity contribution < 1.29 is 4.79 Å². The van der Waals surface area contributed by atoms with E-state index in [1.165, 1.54) is 0 Å². The summed E-state index contributed by atoms with van der Waals surface area (Å²) in [6, 6.07) is 0.385. The number of nitrogens with one attached hydrogen (secondary N) is 1. The van der Waals surface area contributed by atoms with Crippen molar-refractivity contribution in [3.63, 3.8) is 0 Å². The van der Waals surface area contributed by atoms with Crippen LogP contribution in [0.5, 0.6) is 0 Å². The van der Waals surface area contributed by atoms with Crippen LogP contribution < -0.4 is 5.32 Å². The molecular weight excluding hydrogens is 280 g/mol. The molecule has 2 fully saturated rings. The molecule has 1 N–H and O–H groups in total. The molecule has 0 aromatic heterocycles. The third kappa shape index (κ3) is 3.02. The smallest absolute Gasteiger partial charge is 0.224 e. The van der Waals surface area contributed by atoms with Gasteiger partial charge in [-0.2, -0.15) is 0 Å². The van der Waals surface area contributed by atoms with Crippen molar-refractivity contribution in [2.24, 2.45) is 0 Å². The van der Waals surface area contributed by atoms with E-state index in [4.69, 9.17) is 0 Å². The summed E-state index contributed by atoms with van der Waals surface area (Å²) in [5.74, 6) is 0.311. The normalized spacial score (nSPS) is 33.1. The predicted octanol–water partition coefficient (Wildman–Crippen LogP) is 2.29. The second kappa shape index (κ2) is 4.23. The van der Waals surface area contributed by atoms with Crippen LogP contribution in [0.4, 0.5) is 0 Å². The summed E-state index contributed by atoms with van der Waals surface area (Å²) in [6.07, 6.45) is 2.74. The number of rotatable bonds is 1. The SMILES string of the molecule is CC1(C)CC(N2CC(Br)CC2=O)CC(C)(C)N1. The van der Waals surface area contributed by atoms with Gasteiger partial charge in [-0.15, -0.1) is 0 Å². The van der Waals surface area contributed by atoms with Crippen LogP contribution >= 0.6 is 15.9 Å². The van der Waals surface area contributed by atoms with Crippen LogP contribution in [0.2, 0.25) is 0 Å². The molecule has 4 heteroatoms. The van der Waals surface area contributed by atoms with Crippen LogP contribution in [0.25, 0.3) is 0 Å². The summed E-state index contributed by atoms with van der Waals surface area (Å²) in [5, 5.41) is 3.66. The summed E-state index contributed by atoms with van der Waals surface area (Å²) in [5.41, 5.74) is 0.216. The topological polar surface area (TPSA) is 32.3 Å². The maximum Gasteiger partial charge on any atom is 0.224 e. The molecule has 1 unspecified atom stereocenters. The molecule has 0 spiro atoms. The first kappa shape index (κ1) is 13.3. The van der Waals surface area contributed by atoms with Crippen molar-refractivity contribution in [2.45, 2.75) is 68.9 Å². The van der Waals surface area contributed by atoms with E-state index in [1.54, 1.807) is 0 Å². The molecular formula is C13H23BrN2O. The Hall–Kier alpha value is -0.0900. The fourth-order valence-electron chi connectivity index (χ4n) is 3.53. The van der Waals surface area contributed by atoms with Gasteiger partial charge in [0.15, 0.2) is 0 Å². The summed E-state index contributed by atoms with van der Waals surface area (Å²) in [7, 11) is 0. The molecule has 17 heavy (non-hydrogen) atoms. The van der Waals surface area contributed by atoms with E-state index in [0.29, 0.717) is 23.2 Å². The number of hydrogen-bond donors (Lipinski definition) is 1. The zero-order valence-electron chi connectivity index (χ0n) is 11.2. The first-order chi connectivity index (χ1) is 7.69. The summed E-state index contributed by atoms with van der Waals surface area (Å²) >= 11 is 3.56. The number of alkyl halides is 1. The number of piperidine rings is 1. The standard InChI is InChI=1S/C13H23BrN2O/c1-12(2)6-10(7-13(3,4)15-12)16-8-9(14)5-11(16)17/h9-10,15H,5-8H2,1-4H3. The van der Waals surface area contributed by atoms with Gasteiger partial charge >= 0.3 is 0 Å². The highest BCUT2D eigenvalue weighted by Gasteiger charge is 2.43. The lowest BCUT2D eigenvalue weighted by Crippen LogP contribution is -2.62. The molecule has 2 aliphatic rings. The number of carbonyl (C=O) groups excluding carboxylic acids is 1. The second-order valence-electron chi connectivity index (χ2n) is 6.80. The van der Waals surface area contributed by atoms with E-state index in [1.807, 2.05) is 0 Å². The minimum absolute atomic E-state index is 0.108. The molecule has 0 radical (unpaired) electrons. The lowest BCUT2D eigenvalue weighted by Gasteiger charge is -2.49. The fourth-order valence-corrected chi connectivity index (χ4v) is 4.12. The minimum atomic E-state index is 0.108. The van der Waals surface area contributed by atoms with E-state index in [0.717, 1.165) is 19.4 Å². The van der Waals surface area contributed by atoms with Crippen molar-refractivity contribution in [3.05, 3.63) is 0 Å². The van der Waals surface area contributed by atoms with Crippen LogP contribution in [-0.2, 0) is 4.79 Å². The quantitative estimate of drug-likeness (QED) is 0.754. The third-order valence-electron chi connectivity index (χ3n) is 3.72. The third-order valence-corrected chi connectivity index (χ3v) is 4.33. The number of hydrogen-bond acceptors (Lipinski definition) is 2. The zero-order valence-corrected chi connectivity index (χ0v) is 12.8. The molecule has 0 aromatic carbocycles. The highest BCUT2D eigenvalue weighted by Crippen LogP contribution is 2.34. The van der Waals surface area contributed by atoms with Gasteiger partial charge in [0.2, 0.25) is 5.91 Å². The van der Waals surface area contributed by atoms with Gasteiger partial charge in [0.1, 0.15) is 0 Å². The highest BCUT2D eigenvalue weighted by molar-refractivity contribution is 9.09. The monoisotopic (exact) mass is 302 g/mol. The second-order valence-corrected chi connectivity index (χ2v) is 8.10. The minimum Gasteiger partial charge on any atom is -0.338 e. The van der Waals surface area contributed by atoms with Crippen molar-refractivity contribution in [1.29, 1.82) is 0 Å². The number of amides is 1. The van der Waals surface area contributed by atoms with Gasteiger partial charge < -0.3 is 10.2 Å². The summed E-state index contributed by atoms with van der Waals surface area (Å²) in [6.45, 7) is 9.79. The highest BCUT2D eigenvalue weighted by atomic mass is 79.9. The molecule has 2 rings (SSSR count). The largest absolute Gasteiger partial charge is 0.338 e. The Bertz CT molecular complexity index is 311. The van der Waals surface area contributed by atoms with Gasteiger partial charge in [-0.25, -0.2) is 0 Å². The Balaban J connectivity index is 2.13. The Labute approximate surface area is 112 Å². The van der Waals surface area contributed by atoms with Crippen molar-refractivity contribution in [1.82, 2.24) is 10.2 Å². The Morgan fingerprint density at radius 2 is 1.76 bits per heavy atom. The Morgan fingerprint density at radius 1 is 1.24 bits per heavy atom. The average molecular weight is 303 g/mol. The van der Waals surface area contributed by atoms with Gasteiger partial charge in [0.25, 0.3) is 0 Å². The van der Waals surface area contributed by atoms with Gasteiger partial charge in [-0.1, -0.05) is 15.9 Å². The van der Waals surface area contributed by atoms with E-state index in [9.17, 15) is 4.79 Å². The predicted molar refractivity (Wildman–Crippen MR) is 73.4 cm³/mol. The molecule has 0 aliphatic carbocycles. The number of nitrogens with zero attached hydrogens (tertiary/aromatic N) is 1. The molecule has 0 aromatic rings. The van der Waals surface area contributed by atoms with Gasteiger partial charge in [-0.05, 0) is 40.5 Å². The van der Waals surface area contributed by atoms with Crippen LogP contribution in [0.3, 0.4) is 0 Å². The van der Waals surface area contributed by atoms with Crippen molar-refractivity contribution in [3.8, 4) is 0 Å². The Kier molecular flexibility index (Phi) is 3.32. The first-order valence-electron chi connectivity index (χ1n) is 6.41. The average Bonchev–Trinajstić information content (AvgIpc) is 2.39. The molecule has 3 nitrogen and oxygen atoms in total. The van der Waals surface area contributed by atoms with E-state index >= 15 is 0 Å². The van der Waals surface area contributed by atoms with E-state index < -0.39 is 0 Å². The van der Waals surface area contributed by atoms with Gasteiger partial charge in [0, 0.05) is 34.9 Å². The number of carbonyl (C=O) groups is 1. The van der Waals surface area contributed by atoms with Crippen LogP contribution in [0, 0.1) is 0 Å². The van der Waals surface area contributed by atoms with Gasteiger partial charge in [0.05, 0.1) is 0 Å². The molecule has 2 aliphatic heterocycles.